The monoisotopic (exact) mass is 329 g/mol. The van der Waals surface area contributed by atoms with E-state index < -0.39 is 0 Å². The van der Waals surface area contributed by atoms with Crippen molar-refractivity contribution in [2.24, 2.45) is 10.7 Å². The lowest BCUT2D eigenvalue weighted by molar-refractivity contribution is 0.355. The Morgan fingerprint density at radius 1 is 1.12 bits per heavy atom. The Balaban J connectivity index is 1.64. The predicted molar refractivity (Wildman–Crippen MR) is 92.3 cm³/mol. The Morgan fingerprint density at radius 3 is 2.50 bits per heavy atom. The third-order valence-electron chi connectivity index (χ3n) is 4.02. The van der Waals surface area contributed by atoms with Crippen molar-refractivity contribution in [3.8, 4) is 11.5 Å². The minimum Gasteiger partial charge on any atom is -0.493 e. The maximum atomic E-state index is 13.0. The Kier molecular flexibility index (Phi) is 4.55. The van der Waals surface area contributed by atoms with Crippen LogP contribution in [0.25, 0.3) is 0 Å². The van der Waals surface area contributed by atoms with E-state index in [1.165, 1.54) is 12.1 Å². The molecule has 0 radical (unpaired) electrons. The fourth-order valence-electron chi connectivity index (χ4n) is 2.67. The van der Waals surface area contributed by atoms with Gasteiger partial charge in [0, 0.05) is 17.7 Å². The summed E-state index contributed by atoms with van der Waals surface area (Å²) in [7, 11) is 3.17. The Bertz CT molecular complexity index is 746. The van der Waals surface area contributed by atoms with Crippen molar-refractivity contribution in [1.29, 1.82) is 0 Å². The van der Waals surface area contributed by atoms with Gasteiger partial charge in [0.05, 0.1) is 20.3 Å². The number of hydrogen-bond donors (Lipinski definition) is 2. The number of anilines is 1. The van der Waals surface area contributed by atoms with Crippen molar-refractivity contribution in [2.45, 2.75) is 18.4 Å². The molecule has 0 aromatic heterocycles. The quantitative estimate of drug-likeness (QED) is 0.653. The number of hydrogen-bond acceptors (Lipinski definition) is 3. The van der Waals surface area contributed by atoms with E-state index in [0.717, 1.165) is 17.7 Å². The van der Waals surface area contributed by atoms with E-state index in [1.54, 1.807) is 38.5 Å². The van der Waals surface area contributed by atoms with Crippen LogP contribution in [0.1, 0.15) is 17.9 Å². The number of guanidine groups is 1. The molecule has 0 saturated heterocycles. The van der Waals surface area contributed by atoms with Gasteiger partial charge in [0.2, 0.25) is 0 Å². The number of aliphatic imine (C=N–C) groups is 1. The summed E-state index contributed by atoms with van der Waals surface area (Å²) in [5, 5.41) is 3.05. The maximum absolute atomic E-state index is 13.0. The lowest BCUT2D eigenvalue weighted by Crippen LogP contribution is -2.23. The molecule has 1 aliphatic rings. The lowest BCUT2D eigenvalue weighted by atomic mass is 10.1. The molecule has 0 aliphatic heterocycles. The number of methoxy groups -OCH3 is 2. The van der Waals surface area contributed by atoms with E-state index in [2.05, 4.69) is 10.3 Å². The predicted octanol–water partition coefficient (Wildman–Crippen LogP) is 3.13. The van der Waals surface area contributed by atoms with Crippen molar-refractivity contribution in [3.63, 3.8) is 0 Å². The van der Waals surface area contributed by atoms with Crippen LogP contribution in [0.4, 0.5) is 10.1 Å². The first-order valence-corrected chi connectivity index (χ1v) is 7.68. The zero-order valence-corrected chi connectivity index (χ0v) is 13.6. The molecule has 2 aromatic carbocycles. The fourth-order valence-corrected chi connectivity index (χ4v) is 2.67. The first kappa shape index (κ1) is 16.1. The number of ether oxygens (including phenoxy) is 2. The summed E-state index contributed by atoms with van der Waals surface area (Å²) in [5.74, 6) is 1.69. The van der Waals surface area contributed by atoms with Crippen molar-refractivity contribution in [2.75, 3.05) is 19.5 Å². The normalized spacial score (nSPS) is 19.7. The topological polar surface area (TPSA) is 68.9 Å². The molecule has 126 valence electrons. The second-order valence-corrected chi connectivity index (χ2v) is 5.67. The zero-order chi connectivity index (χ0) is 17.1. The first-order valence-electron chi connectivity index (χ1n) is 7.68. The smallest absolute Gasteiger partial charge is 0.193 e. The largest absolute Gasteiger partial charge is 0.493 e. The molecule has 1 saturated carbocycles. The molecule has 2 atom stereocenters. The maximum Gasteiger partial charge on any atom is 0.193 e. The highest BCUT2D eigenvalue weighted by atomic mass is 19.1. The standard InChI is InChI=1S/C18H20FN3O2/c1-23-16-8-7-13(9-17(16)24-2)21-18(20)22-15-10-14(15)11-3-5-12(19)6-4-11/h3-9,14-15H,10H2,1-2H3,(H3,20,21,22)/t14-,15+/m0/s1. The highest BCUT2D eigenvalue weighted by Crippen LogP contribution is 2.43. The van der Waals surface area contributed by atoms with Gasteiger partial charge in [-0.15, -0.1) is 0 Å². The number of nitrogens with two attached hydrogens (primary N) is 1. The SMILES string of the molecule is COc1ccc(NC(N)=N[C@@H]2C[C@H]2c2ccc(F)cc2)cc1OC. The van der Waals surface area contributed by atoms with Gasteiger partial charge in [0.15, 0.2) is 17.5 Å². The van der Waals surface area contributed by atoms with E-state index in [4.69, 9.17) is 15.2 Å². The number of benzene rings is 2. The molecule has 5 nitrogen and oxygen atoms in total. The molecule has 0 bridgehead atoms. The third kappa shape index (κ3) is 3.59. The summed E-state index contributed by atoms with van der Waals surface area (Å²) < 4.78 is 23.4. The molecule has 2 aromatic rings. The molecule has 0 spiro atoms. The Labute approximate surface area is 140 Å². The van der Waals surface area contributed by atoms with Crippen LogP contribution in [0.5, 0.6) is 11.5 Å². The van der Waals surface area contributed by atoms with Gasteiger partial charge < -0.3 is 20.5 Å². The van der Waals surface area contributed by atoms with E-state index in [1.807, 2.05) is 6.07 Å². The van der Waals surface area contributed by atoms with Crippen molar-refractivity contribution >= 4 is 11.6 Å². The number of nitrogens with one attached hydrogen (secondary N) is 1. The zero-order valence-electron chi connectivity index (χ0n) is 13.6. The second kappa shape index (κ2) is 6.78. The van der Waals surface area contributed by atoms with Gasteiger partial charge in [-0.3, -0.25) is 0 Å². The minimum absolute atomic E-state index is 0.128. The number of rotatable bonds is 5. The van der Waals surface area contributed by atoms with E-state index >= 15 is 0 Å². The molecule has 0 heterocycles. The molecule has 1 fully saturated rings. The molecular formula is C18H20FN3O2. The molecule has 1 aliphatic carbocycles. The highest BCUT2D eigenvalue weighted by Gasteiger charge is 2.38. The van der Waals surface area contributed by atoms with Gasteiger partial charge in [-0.1, -0.05) is 12.1 Å². The van der Waals surface area contributed by atoms with E-state index in [9.17, 15) is 4.39 Å². The highest BCUT2D eigenvalue weighted by molar-refractivity contribution is 5.92. The van der Waals surface area contributed by atoms with Crippen molar-refractivity contribution in [1.82, 2.24) is 0 Å². The van der Waals surface area contributed by atoms with Crippen LogP contribution in [0.15, 0.2) is 47.5 Å². The number of nitrogens with zero attached hydrogens (tertiary/aromatic N) is 1. The van der Waals surface area contributed by atoms with Crippen LogP contribution in [-0.4, -0.2) is 26.2 Å². The molecular weight excluding hydrogens is 309 g/mol. The minimum atomic E-state index is -0.228. The molecule has 0 unspecified atom stereocenters. The Morgan fingerprint density at radius 2 is 1.83 bits per heavy atom. The van der Waals surface area contributed by atoms with Crippen LogP contribution < -0.4 is 20.5 Å². The van der Waals surface area contributed by atoms with Crippen LogP contribution in [0.2, 0.25) is 0 Å². The second-order valence-electron chi connectivity index (χ2n) is 5.67. The Hall–Kier alpha value is -2.76. The molecule has 24 heavy (non-hydrogen) atoms. The summed E-state index contributed by atoms with van der Waals surface area (Å²) in [6, 6.07) is 12.1. The molecule has 3 rings (SSSR count). The summed E-state index contributed by atoms with van der Waals surface area (Å²) in [6.07, 6.45) is 0.917. The average Bonchev–Trinajstić information content (AvgIpc) is 3.34. The van der Waals surface area contributed by atoms with Gasteiger partial charge in [0.25, 0.3) is 0 Å². The van der Waals surface area contributed by atoms with Gasteiger partial charge in [0.1, 0.15) is 5.82 Å². The third-order valence-corrected chi connectivity index (χ3v) is 4.02. The fraction of sp³-hybridized carbons (Fsp3) is 0.278. The van der Waals surface area contributed by atoms with Crippen molar-refractivity contribution < 1.29 is 13.9 Å². The molecule has 3 N–H and O–H groups in total. The number of halogens is 1. The summed E-state index contributed by atoms with van der Waals surface area (Å²) in [4.78, 5) is 4.48. The van der Waals surface area contributed by atoms with Crippen LogP contribution in [-0.2, 0) is 0 Å². The summed E-state index contributed by atoms with van der Waals surface area (Å²) >= 11 is 0. The van der Waals surface area contributed by atoms with E-state index in [0.29, 0.717) is 23.4 Å². The summed E-state index contributed by atoms with van der Waals surface area (Å²) in [5.41, 5.74) is 7.84. The molecule has 6 heteroatoms. The van der Waals surface area contributed by atoms with Gasteiger partial charge >= 0.3 is 0 Å². The summed E-state index contributed by atoms with van der Waals surface area (Å²) in [6.45, 7) is 0. The van der Waals surface area contributed by atoms with Crippen LogP contribution >= 0.6 is 0 Å². The average molecular weight is 329 g/mol. The van der Waals surface area contributed by atoms with Gasteiger partial charge in [-0.05, 0) is 36.2 Å². The van der Waals surface area contributed by atoms with Crippen molar-refractivity contribution in [3.05, 3.63) is 53.8 Å². The van der Waals surface area contributed by atoms with Gasteiger partial charge in [-0.2, -0.15) is 0 Å². The first-order chi connectivity index (χ1) is 11.6. The van der Waals surface area contributed by atoms with Crippen LogP contribution in [0.3, 0.4) is 0 Å². The molecule has 0 amide bonds. The lowest BCUT2D eigenvalue weighted by Gasteiger charge is -2.11. The van der Waals surface area contributed by atoms with Gasteiger partial charge in [-0.25, -0.2) is 9.38 Å². The van der Waals surface area contributed by atoms with E-state index in [-0.39, 0.29) is 11.9 Å². The van der Waals surface area contributed by atoms with Crippen LogP contribution in [0, 0.1) is 5.82 Å².